The summed E-state index contributed by atoms with van der Waals surface area (Å²) < 4.78 is 5.65. The Morgan fingerprint density at radius 2 is 2.11 bits per heavy atom. The second-order valence-electron chi connectivity index (χ2n) is 3.67. The molecule has 4 atom stereocenters. The molecule has 0 aromatic carbocycles. The van der Waals surface area contributed by atoms with Crippen LogP contribution in [-0.4, -0.2) is 54.1 Å². The fraction of sp³-hybridized carbons (Fsp3) is 0.500. The number of anilines is 1. The van der Waals surface area contributed by atoms with Crippen molar-refractivity contribution in [2.45, 2.75) is 24.5 Å². The summed E-state index contributed by atoms with van der Waals surface area (Å²) in [4.78, 5) is 29.0. The number of aliphatic carboxylic acids is 1. The second-order valence-corrected chi connectivity index (χ2v) is 3.67. The lowest BCUT2D eigenvalue weighted by molar-refractivity contribution is -0.155. The largest absolute Gasteiger partial charge is 0.479 e. The minimum absolute atomic E-state index is 0.265. The van der Waals surface area contributed by atoms with E-state index < -0.39 is 36.2 Å². The van der Waals surface area contributed by atoms with Gasteiger partial charge in [0.1, 0.15) is 18.5 Å². The minimum Gasteiger partial charge on any atom is -0.479 e. The maximum atomic E-state index is 11.5. The molecule has 0 spiro atoms. The van der Waals surface area contributed by atoms with E-state index in [4.69, 9.17) is 15.6 Å². The third-order valence-corrected chi connectivity index (χ3v) is 2.50. The van der Waals surface area contributed by atoms with Crippen molar-refractivity contribution < 1.29 is 24.9 Å². The molecule has 2 rings (SSSR count). The topological polar surface area (TPSA) is 161 Å². The maximum Gasteiger partial charge on any atom is 0.354 e. The van der Waals surface area contributed by atoms with Gasteiger partial charge in [0.25, 0.3) is 0 Å². The highest BCUT2D eigenvalue weighted by molar-refractivity contribution is 5.73. The first-order valence-corrected chi connectivity index (χ1v) is 4.87. The van der Waals surface area contributed by atoms with E-state index >= 15 is 0 Å². The summed E-state index contributed by atoms with van der Waals surface area (Å²) in [5.74, 6) is -1.72. The molecule has 1 saturated heterocycles. The molecule has 5 N–H and O–H groups in total. The van der Waals surface area contributed by atoms with Gasteiger partial charge in [-0.3, -0.25) is 4.57 Å². The van der Waals surface area contributed by atoms with Gasteiger partial charge in [-0.15, -0.1) is 0 Å². The molecule has 0 saturated carbocycles. The fourth-order valence-electron chi connectivity index (χ4n) is 1.62. The van der Waals surface area contributed by atoms with Gasteiger partial charge in [-0.1, -0.05) is 0 Å². The number of nitrogen functional groups attached to an aromatic ring is 1. The Bertz CT molecular complexity index is 531. The minimum atomic E-state index is -1.66. The number of ether oxygens (including phenoxy) is 1. The quantitative estimate of drug-likeness (QED) is 0.431. The maximum absolute atomic E-state index is 11.5. The lowest BCUT2D eigenvalue weighted by Gasteiger charge is -2.15. The molecular weight excluding hydrogens is 248 g/mol. The zero-order valence-electron chi connectivity index (χ0n) is 8.87. The predicted molar refractivity (Wildman–Crippen MR) is 54.3 cm³/mol. The van der Waals surface area contributed by atoms with Crippen LogP contribution in [0.1, 0.15) is 6.23 Å². The molecule has 0 amide bonds. The number of aromatic nitrogens is 3. The van der Waals surface area contributed by atoms with Gasteiger partial charge >= 0.3 is 11.7 Å². The molecule has 10 nitrogen and oxygen atoms in total. The number of carbonyl (C=O) groups is 1. The molecule has 0 unspecified atom stereocenters. The summed E-state index contributed by atoms with van der Waals surface area (Å²) >= 11 is 0. The Balaban J connectivity index is 2.35. The van der Waals surface area contributed by atoms with Crippen molar-refractivity contribution in [1.29, 1.82) is 0 Å². The van der Waals surface area contributed by atoms with E-state index in [1.165, 1.54) is 0 Å². The Morgan fingerprint density at radius 1 is 1.44 bits per heavy atom. The monoisotopic (exact) mass is 258 g/mol. The Labute approximate surface area is 99.3 Å². The van der Waals surface area contributed by atoms with Crippen molar-refractivity contribution >= 4 is 11.9 Å². The van der Waals surface area contributed by atoms with Gasteiger partial charge in [-0.05, 0) is 0 Å². The van der Waals surface area contributed by atoms with Crippen LogP contribution in [-0.2, 0) is 9.53 Å². The normalized spacial score (nSPS) is 31.4. The van der Waals surface area contributed by atoms with Gasteiger partial charge in [-0.2, -0.15) is 4.98 Å². The Morgan fingerprint density at radius 3 is 2.61 bits per heavy atom. The molecule has 1 aromatic heterocycles. The number of nitrogens with two attached hydrogens (primary N) is 1. The van der Waals surface area contributed by atoms with E-state index in [0.29, 0.717) is 0 Å². The van der Waals surface area contributed by atoms with Crippen molar-refractivity contribution in [3.8, 4) is 0 Å². The van der Waals surface area contributed by atoms with Crippen LogP contribution in [0.4, 0.5) is 5.95 Å². The molecule has 98 valence electrons. The van der Waals surface area contributed by atoms with Crippen LogP contribution in [0.25, 0.3) is 0 Å². The van der Waals surface area contributed by atoms with Gasteiger partial charge in [0.15, 0.2) is 12.3 Å². The Kier molecular flexibility index (Phi) is 2.98. The summed E-state index contributed by atoms with van der Waals surface area (Å²) in [5.41, 5.74) is 4.31. The Hall–Kier alpha value is -2.04. The molecule has 18 heavy (non-hydrogen) atoms. The van der Waals surface area contributed by atoms with Gasteiger partial charge in [0, 0.05) is 0 Å². The van der Waals surface area contributed by atoms with Crippen LogP contribution < -0.4 is 11.4 Å². The standard InChI is InChI=1S/C8H10N4O6/c9-7-10-1-12(8(17)11-7)5-3(14)2(13)4(18-5)6(15)16/h1-5,13-14H,(H,15,16)(H2,9,11,17)/t2-,3+,4-,5+/m0/s1. The van der Waals surface area contributed by atoms with Crippen LogP contribution in [0.3, 0.4) is 0 Å². The summed E-state index contributed by atoms with van der Waals surface area (Å²) in [6.45, 7) is 0. The molecule has 1 aliphatic heterocycles. The number of hydrogen-bond acceptors (Lipinski definition) is 8. The van der Waals surface area contributed by atoms with E-state index in [9.17, 15) is 19.8 Å². The van der Waals surface area contributed by atoms with Crippen LogP contribution in [0.2, 0.25) is 0 Å². The predicted octanol–water partition coefficient (Wildman–Crippen LogP) is -3.08. The highest BCUT2D eigenvalue weighted by atomic mass is 16.6. The number of nitrogens with zero attached hydrogens (tertiary/aromatic N) is 3. The van der Waals surface area contributed by atoms with Crippen LogP contribution in [0.15, 0.2) is 11.1 Å². The highest BCUT2D eigenvalue weighted by Gasteiger charge is 2.47. The number of aliphatic hydroxyl groups is 2. The van der Waals surface area contributed by atoms with E-state index in [0.717, 1.165) is 10.9 Å². The highest BCUT2D eigenvalue weighted by Crippen LogP contribution is 2.28. The first-order valence-electron chi connectivity index (χ1n) is 4.87. The summed E-state index contributed by atoms with van der Waals surface area (Å²) in [7, 11) is 0. The van der Waals surface area contributed by atoms with Crippen molar-refractivity contribution in [1.82, 2.24) is 14.5 Å². The molecular formula is C8H10N4O6. The van der Waals surface area contributed by atoms with Crippen molar-refractivity contribution in [3.05, 3.63) is 16.8 Å². The number of hydrogen-bond donors (Lipinski definition) is 4. The average molecular weight is 258 g/mol. The molecule has 1 aliphatic rings. The zero-order valence-corrected chi connectivity index (χ0v) is 8.87. The number of carboxylic acids is 1. The van der Waals surface area contributed by atoms with Gasteiger partial charge < -0.3 is 25.8 Å². The molecule has 10 heteroatoms. The number of aliphatic hydroxyl groups excluding tert-OH is 2. The number of rotatable bonds is 2. The van der Waals surface area contributed by atoms with Crippen LogP contribution in [0, 0.1) is 0 Å². The van der Waals surface area contributed by atoms with Gasteiger partial charge in [0.2, 0.25) is 5.95 Å². The first kappa shape index (κ1) is 12.4. The summed E-state index contributed by atoms with van der Waals surface area (Å²) in [6, 6.07) is 0. The van der Waals surface area contributed by atoms with Crippen molar-refractivity contribution in [2.24, 2.45) is 0 Å². The fourth-order valence-corrected chi connectivity index (χ4v) is 1.62. The lowest BCUT2D eigenvalue weighted by Crippen LogP contribution is -2.37. The lowest BCUT2D eigenvalue weighted by atomic mass is 10.1. The third kappa shape index (κ3) is 1.92. The smallest absolute Gasteiger partial charge is 0.354 e. The summed E-state index contributed by atoms with van der Waals surface area (Å²) in [6.07, 6.45) is -5.30. The van der Waals surface area contributed by atoms with Crippen LogP contribution >= 0.6 is 0 Å². The van der Waals surface area contributed by atoms with E-state index in [-0.39, 0.29) is 5.95 Å². The van der Waals surface area contributed by atoms with Gasteiger partial charge in [0.05, 0.1) is 0 Å². The molecule has 2 heterocycles. The molecule has 1 fully saturated rings. The molecule has 0 bridgehead atoms. The molecule has 0 radical (unpaired) electrons. The third-order valence-electron chi connectivity index (χ3n) is 2.50. The SMILES string of the molecule is Nc1ncn([C@@H]2O[C@H](C(=O)O)[C@@H](O)[C@H]2O)c(=O)n1. The first-order chi connectivity index (χ1) is 8.41. The van der Waals surface area contributed by atoms with Gasteiger partial charge in [-0.25, -0.2) is 14.6 Å². The van der Waals surface area contributed by atoms with Crippen molar-refractivity contribution in [2.75, 3.05) is 5.73 Å². The van der Waals surface area contributed by atoms with E-state index in [1.807, 2.05) is 0 Å². The molecule has 0 aliphatic carbocycles. The summed E-state index contributed by atoms with van der Waals surface area (Å²) in [5, 5.41) is 27.9. The molecule has 1 aromatic rings. The van der Waals surface area contributed by atoms with E-state index in [2.05, 4.69) is 9.97 Å². The number of carboxylic acid groups (broad SMARTS) is 1. The average Bonchev–Trinajstić information content (AvgIpc) is 2.57. The van der Waals surface area contributed by atoms with E-state index in [1.54, 1.807) is 0 Å². The second kappa shape index (κ2) is 4.33. The van der Waals surface area contributed by atoms with Crippen molar-refractivity contribution in [3.63, 3.8) is 0 Å². The zero-order chi connectivity index (χ0) is 13.4. The van der Waals surface area contributed by atoms with Crippen LogP contribution in [0.5, 0.6) is 0 Å².